The fraction of sp³-hybridized carbons (Fsp3) is 0.583. The van der Waals surface area contributed by atoms with Crippen molar-refractivity contribution in [2.75, 3.05) is 13.2 Å². The highest BCUT2D eigenvalue weighted by Gasteiger charge is 2.14. The maximum Gasteiger partial charge on any atom is 0.328 e. The maximum atomic E-state index is 11.2. The quantitative estimate of drug-likeness (QED) is 0.479. The van der Waals surface area contributed by atoms with Gasteiger partial charge in [-0.3, -0.25) is 10.1 Å². The number of rotatable bonds is 6. The third-order valence-electron chi connectivity index (χ3n) is 2.66. The lowest BCUT2D eigenvalue weighted by molar-refractivity contribution is -0.131. The van der Waals surface area contributed by atoms with Gasteiger partial charge in [0.1, 0.15) is 0 Å². The Labute approximate surface area is 111 Å². The van der Waals surface area contributed by atoms with Crippen LogP contribution in [0.4, 0.5) is 4.79 Å². The molecule has 3 N–H and O–H groups in total. The van der Waals surface area contributed by atoms with Crippen LogP contribution in [-0.2, 0) is 14.3 Å². The van der Waals surface area contributed by atoms with Crippen LogP contribution in [0.15, 0.2) is 12.2 Å². The van der Waals surface area contributed by atoms with Crippen molar-refractivity contribution >= 4 is 17.9 Å². The first kappa shape index (κ1) is 15.2. The lowest BCUT2D eigenvalue weighted by Gasteiger charge is -2.11. The van der Waals surface area contributed by atoms with E-state index in [1.54, 1.807) is 0 Å². The summed E-state index contributed by atoms with van der Waals surface area (Å²) in [5.74, 6) is -2.03. The predicted octanol–water partition coefficient (Wildman–Crippen LogP) is 0.412. The summed E-state index contributed by atoms with van der Waals surface area (Å²) in [7, 11) is 0. The molecule has 0 heterocycles. The summed E-state index contributed by atoms with van der Waals surface area (Å²) in [6, 6.07) is -0.671. The molecule has 0 saturated heterocycles. The van der Waals surface area contributed by atoms with Crippen LogP contribution in [0.5, 0.6) is 0 Å². The van der Waals surface area contributed by atoms with E-state index in [1.807, 2.05) is 5.32 Å². The number of carbonyl (C=O) groups excluding carboxylic acids is 2. The van der Waals surface area contributed by atoms with E-state index >= 15 is 0 Å². The normalized spacial score (nSPS) is 15.6. The monoisotopic (exact) mass is 270 g/mol. The number of amides is 3. The zero-order valence-corrected chi connectivity index (χ0v) is 10.6. The Hall–Kier alpha value is -1.89. The number of urea groups is 1. The summed E-state index contributed by atoms with van der Waals surface area (Å²) in [5.41, 5.74) is 0. The van der Waals surface area contributed by atoms with Gasteiger partial charge in [-0.25, -0.2) is 9.59 Å². The zero-order valence-electron chi connectivity index (χ0n) is 10.6. The molecule has 1 saturated carbocycles. The first-order valence-corrected chi connectivity index (χ1v) is 6.19. The van der Waals surface area contributed by atoms with Crippen molar-refractivity contribution in [1.82, 2.24) is 10.6 Å². The Morgan fingerprint density at radius 1 is 1.21 bits per heavy atom. The number of hydrogen-bond acceptors (Lipinski definition) is 4. The van der Waals surface area contributed by atoms with Crippen molar-refractivity contribution in [1.29, 1.82) is 0 Å². The van der Waals surface area contributed by atoms with E-state index in [0.717, 1.165) is 18.9 Å². The highest BCUT2D eigenvalue weighted by atomic mass is 16.5. The van der Waals surface area contributed by atoms with Crippen LogP contribution in [0.2, 0.25) is 0 Å². The molecule has 7 heteroatoms. The molecule has 1 rings (SSSR count). The third-order valence-corrected chi connectivity index (χ3v) is 2.66. The molecule has 19 heavy (non-hydrogen) atoms. The van der Waals surface area contributed by atoms with Gasteiger partial charge in [-0.15, -0.1) is 0 Å². The summed E-state index contributed by atoms with van der Waals surface area (Å²) >= 11 is 0. The topological polar surface area (TPSA) is 105 Å². The van der Waals surface area contributed by atoms with Crippen molar-refractivity contribution < 1.29 is 24.2 Å². The Morgan fingerprint density at radius 3 is 2.53 bits per heavy atom. The lowest BCUT2D eigenvalue weighted by Crippen LogP contribution is -2.40. The highest BCUT2D eigenvalue weighted by molar-refractivity contribution is 6.02. The molecule has 1 aliphatic carbocycles. The van der Waals surface area contributed by atoms with Gasteiger partial charge in [0.25, 0.3) is 5.91 Å². The van der Waals surface area contributed by atoms with Crippen LogP contribution >= 0.6 is 0 Å². The second-order valence-electron chi connectivity index (χ2n) is 4.19. The molecule has 0 spiro atoms. The van der Waals surface area contributed by atoms with Crippen LogP contribution in [0, 0.1) is 0 Å². The Balaban J connectivity index is 2.06. The van der Waals surface area contributed by atoms with E-state index in [9.17, 15) is 14.4 Å². The van der Waals surface area contributed by atoms with Gasteiger partial charge in [0.15, 0.2) is 0 Å². The third kappa shape index (κ3) is 7.20. The minimum atomic E-state index is -1.25. The Kier molecular flexibility index (Phi) is 6.59. The molecule has 0 atom stereocenters. The van der Waals surface area contributed by atoms with Gasteiger partial charge in [-0.1, -0.05) is 12.8 Å². The smallest absolute Gasteiger partial charge is 0.328 e. The number of carboxylic acids is 1. The van der Waals surface area contributed by atoms with Crippen LogP contribution < -0.4 is 10.6 Å². The van der Waals surface area contributed by atoms with Crippen LogP contribution in [0.3, 0.4) is 0 Å². The molecule has 0 radical (unpaired) electrons. The fourth-order valence-corrected chi connectivity index (χ4v) is 1.79. The van der Waals surface area contributed by atoms with Gasteiger partial charge in [0, 0.05) is 18.7 Å². The van der Waals surface area contributed by atoms with Gasteiger partial charge < -0.3 is 15.2 Å². The Morgan fingerprint density at radius 2 is 1.89 bits per heavy atom. The number of ether oxygens (including phenoxy) is 1. The van der Waals surface area contributed by atoms with Gasteiger partial charge in [0.05, 0.1) is 12.7 Å². The predicted molar refractivity (Wildman–Crippen MR) is 66.5 cm³/mol. The molecule has 3 amide bonds. The molecule has 0 bridgehead atoms. The summed E-state index contributed by atoms with van der Waals surface area (Å²) < 4.78 is 5.52. The van der Waals surface area contributed by atoms with E-state index in [0.29, 0.717) is 19.2 Å². The van der Waals surface area contributed by atoms with Gasteiger partial charge in [0.2, 0.25) is 0 Å². The second kappa shape index (κ2) is 8.25. The minimum Gasteiger partial charge on any atom is -0.478 e. The molecule has 7 nitrogen and oxygen atoms in total. The van der Waals surface area contributed by atoms with Crippen LogP contribution in [0.25, 0.3) is 0 Å². The summed E-state index contributed by atoms with van der Waals surface area (Å²) in [6.07, 6.45) is 6.20. The highest BCUT2D eigenvalue weighted by Crippen LogP contribution is 2.20. The van der Waals surface area contributed by atoms with Crippen molar-refractivity contribution in [2.24, 2.45) is 0 Å². The molecule has 0 aromatic carbocycles. The standard InChI is InChI=1S/C12H18N2O5/c15-10(5-6-11(16)17)14-12(18)13-7-8-19-9-3-1-2-4-9/h5-6,9H,1-4,7-8H2,(H,16,17)(H2,13,14,15,18). The number of carboxylic acid groups (broad SMARTS) is 1. The lowest BCUT2D eigenvalue weighted by atomic mass is 10.3. The van der Waals surface area contributed by atoms with Gasteiger partial charge >= 0.3 is 12.0 Å². The molecular formula is C12H18N2O5. The molecule has 0 aliphatic heterocycles. The molecule has 1 aliphatic rings. The van der Waals surface area contributed by atoms with Gasteiger partial charge in [-0.2, -0.15) is 0 Å². The average Bonchev–Trinajstić information content (AvgIpc) is 2.85. The van der Waals surface area contributed by atoms with E-state index < -0.39 is 17.9 Å². The number of imide groups is 1. The molecule has 0 aromatic rings. The summed E-state index contributed by atoms with van der Waals surface area (Å²) in [4.78, 5) is 32.4. The second-order valence-corrected chi connectivity index (χ2v) is 4.19. The molecular weight excluding hydrogens is 252 g/mol. The number of hydrogen-bond donors (Lipinski definition) is 3. The van der Waals surface area contributed by atoms with Crippen molar-refractivity contribution in [3.63, 3.8) is 0 Å². The molecule has 106 valence electrons. The van der Waals surface area contributed by atoms with Crippen LogP contribution in [-0.4, -0.2) is 42.3 Å². The average molecular weight is 270 g/mol. The van der Waals surface area contributed by atoms with E-state index in [2.05, 4.69) is 5.32 Å². The van der Waals surface area contributed by atoms with Crippen molar-refractivity contribution in [2.45, 2.75) is 31.8 Å². The summed E-state index contributed by atoms with van der Waals surface area (Å²) in [6.45, 7) is 0.704. The minimum absolute atomic E-state index is 0.282. The molecule has 0 unspecified atom stereocenters. The van der Waals surface area contributed by atoms with E-state index in [4.69, 9.17) is 9.84 Å². The maximum absolute atomic E-state index is 11.2. The van der Waals surface area contributed by atoms with Gasteiger partial charge in [-0.05, 0) is 12.8 Å². The number of nitrogens with one attached hydrogen (secondary N) is 2. The zero-order chi connectivity index (χ0) is 14.1. The molecule has 1 fully saturated rings. The first-order chi connectivity index (χ1) is 9.08. The summed E-state index contributed by atoms with van der Waals surface area (Å²) in [5, 5.41) is 12.7. The van der Waals surface area contributed by atoms with Crippen molar-refractivity contribution in [3.05, 3.63) is 12.2 Å². The van der Waals surface area contributed by atoms with Crippen molar-refractivity contribution in [3.8, 4) is 0 Å². The first-order valence-electron chi connectivity index (χ1n) is 6.19. The molecule has 0 aromatic heterocycles. The van der Waals surface area contributed by atoms with E-state index in [-0.39, 0.29) is 6.10 Å². The number of aliphatic carboxylic acids is 1. The largest absolute Gasteiger partial charge is 0.478 e. The van der Waals surface area contributed by atoms with E-state index in [1.165, 1.54) is 12.8 Å². The Bertz CT molecular complexity index is 361. The number of carbonyl (C=O) groups is 3. The SMILES string of the molecule is O=C(O)C=CC(=O)NC(=O)NCCOC1CCCC1. The van der Waals surface area contributed by atoms with Crippen LogP contribution in [0.1, 0.15) is 25.7 Å². The fourth-order valence-electron chi connectivity index (χ4n) is 1.79.